The lowest BCUT2D eigenvalue weighted by atomic mass is 9.96. The highest BCUT2D eigenvalue weighted by atomic mass is 16.1. The SMILES string of the molecule is CC(=O)C1CCc2nc(C)nn2C1. The van der Waals surface area contributed by atoms with E-state index in [1.54, 1.807) is 6.92 Å². The quantitative estimate of drug-likeness (QED) is 0.638. The molecule has 0 saturated heterocycles. The summed E-state index contributed by atoms with van der Waals surface area (Å²) in [4.78, 5) is 15.4. The highest BCUT2D eigenvalue weighted by molar-refractivity contribution is 5.78. The van der Waals surface area contributed by atoms with Crippen molar-refractivity contribution in [1.82, 2.24) is 14.8 Å². The third-order valence-corrected chi connectivity index (χ3v) is 2.54. The molecule has 0 aliphatic carbocycles. The second-order valence-electron chi connectivity index (χ2n) is 3.60. The molecule has 0 N–H and O–H groups in total. The summed E-state index contributed by atoms with van der Waals surface area (Å²) in [5, 5.41) is 4.24. The molecule has 2 heterocycles. The van der Waals surface area contributed by atoms with Crippen molar-refractivity contribution in [2.75, 3.05) is 0 Å². The van der Waals surface area contributed by atoms with Crippen molar-refractivity contribution in [2.24, 2.45) is 5.92 Å². The highest BCUT2D eigenvalue weighted by Crippen LogP contribution is 2.18. The summed E-state index contributed by atoms with van der Waals surface area (Å²) >= 11 is 0. The monoisotopic (exact) mass is 179 g/mol. The summed E-state index contributed by atoms with van der Waals surface area (Å²) in [5.74, 6) is 2.24. The summed E-state index contributed by atoms with van der Waals surface area (Å²) in [5.41, 5.74) is 0. The van der Waals surface area contributed by atoms with Gasteiger partial charge in [-0.1, -0.05) is 0 Å². The van der Waals surface area contributed by atoms with Crippen LogP contribution in [0, 0.1) is 12.8 Å². The number of hydrogen-bond acceptors (Lipinski definition) is 3. The summed E-state index contributed by atoms with van der Waals surface area (Å²) in [6.07, 6.45) is 1.80. The molecule has 1 unspecified atom stereocenters. The summed E-state index contributed by atoms with van der Waals surface area (Å²) in [6.45, 7) is 4.25. The lowest BCUT2D eigenvalue weighted by Crippen LogP contribution is -2.26. The fourth-order valence-electron chi connectivity index (χ4n) is 1.77. The number of aryl methyl sites for hydroxylation is 2. The molecule has 0 spiro atoms. The molecule has 2 rings (SSSR count). The number of Topliss-reactive ketones (excluding diaryl/α,β-unsaturated/α-hetero) is 1. The maximum Gasteiger partial charge on any atom is 0.147 e. The Hall–Kier alpha value is -1.19. The molecule has 1 aliphatic heterocycles. The van der Waals surface area contributed by atoms with Crippen LogP contribution in [0.15, 0.2) is 0 Å². The number of hydrogen-bond donors (Lipinski definition) is 0. The second-order valence-corrected chi connectivity index (χ2v) is 3.60. The van der Waals surface area contributed by atoms with Crippen LogP contribution in [-0.4, -0.2) is 20.5 Å². The van der Waals surface area contributed by atoms with Crippen LogP contribution < -0.4 is 0 Å². The van der Waals surface area contributed by atoms with E-state index in [0.29, 0.717) is 6.54 Å². The second kappa shape index (κ2) is 2.94. The fraction of sp³-hybridized carbons (Fsp3) is 0.667. The van der Waals surface area contributed by atoms with Crippen molar-refractivity contribution in [2.45, 2.75) is 33.2 Å². The lowest BCUT2D eigenvalue weighted by Gasteiger charge is -2.19. The minimum absolute atomic E-state index is 0.147. The van der Waals surface area contributed by atoms with Gasteiger partial charge in [0.1, 0.15) is 17.4 Å². The molecule has 0 fully saturated rings. The fourth-order valence-corrected chi connectivity index (χ4v) is 1.77. The Kier molecular flexibility index (Phi) is 1.90. The van der Waals surface area contributed by atoms with Crippen molar-refractivity contribution in [3.8, 4) is 0 Å². The van der Waals surface area contributed by atoms with Crippen LogP contribution in [0.25, 0.3) is 0 Å². The Morgan fingerprint density at radius 2 is 2.38 bits per heavy atom. The van der Waals surface area contributed by atoms with Crippen LogP contribution in [-0.2, 0) is 17.8 Å². The predicted molar refractivity (Wildman–Crippen MR) is 47.3 cm³/mol. The number of rotatable bonds is 1. The maximum atomic E-state index is 11.2. The van der Waals surface area contributed by atoms with Gasteiger partial charge in [0.2, 0.25) is 0 Å². The molecule has 1 aromatic rings. The Labute approximate surface area is 77.0 Å². The molecule has 0 saturated carbocycles. The van der Waals surface area contributed by atoms with Crippen molar-refractivity contribution in [3.05, 3.63) is 11.6 Å². The van der Waals surface area contributed by atoms with Gasteiger partial charge in [0, 0.05) is 12.3 Å². The lowest BCUT2D eigenvalue weighted by molar-refractivity contribution is -0.121. The van der Waals surface area contributed by atoms with Gasteiger partial charge < -0.3 is 0 Å². The van der Waals surface area contributed by atoms with E-state index < -0.39 is 0 Å². The van der Waals surface area contributed by atoms with Gasteiger partial charge in [0.15, 0.2) is 0 Å². The average Bonchev–Trinajstić information content (AvgIpc) is 2.42. The molecule has 4 heteroatoms. The number of carbonyl (C=O) groups excluding carboxylic acids is 1. The first-order chi connectivity index (χ1) is 6.16. The molecule has 13 heavy (non-hydrogen) atoms. The van der Waals surface area contributed by atoms with Crippen LogP contribution in [0.5, 0.6) is 0 Å². The van der Waals surface area contributed by atoms with Gasteiger partial charge in [-0.05, 0) is 20.3 Å². The molecular formula is C9H13N3O. The summed E-state index contributed by atoms with van der Waals surface area (Å²) in [7, 11) is 0. The van der Waals surface area contributed by atoms with E-state index >= 15 is 0 Å². The Morgan fingerprint density at radius 3 is 3.08 bits per heavy atom. The smallest absolute Gasteiger partial charge is 0.147 e. The number of ketones is 1. The van der Waals surface area contributed by atoms with Crippen LogP contribution in [0.4, 0.5) is 0 Å². The molecule has 0 radical (unpaired) electrons. The standard InChI is InChI=1S/C9H13N3O/c1-6(13)8-3-4-9-10-7(2)11-12(9)5-8/h8H,3-5H2,1-2H3. The van der Waals surface area contributed by atoms with Gasteiger partial charge in [-0.15, -0.1) is 0 Å². The van der Waals surface area contributed by atoms with Gasteiger partial charge in [-0.3, -0.25) is 4.79 Å². The van der Waals surface area contributed by atoms with E-state index in [1.165, 1.54) is 0 Å². The molecular weight excluding hydrogens is 166 g/mol. The molecule has 70 valence electrons. The molecule has 1 aliphatic rings. The Bertz CT molecular complexity index is 343. The minimum atomic E-state index is 0.147. The third kappa shape index (κ3) is 1.48. The van der Waals surface area contributed by atoms with Crippen LogP contribution >= 0.6 is 0 Å². The average molecular weight is 179 g/mol. The van der Waals surface area contributed by atoms with E-state index in [1.807, 2.05) is 11.6 Å². The molecule has 1 atom stereocenters. The first-order valence-electron chi connectivity index (χ1n) is 4.57. The predicted octanol–water partition coefficient (Wildman–Crippen LogP) is 0.738. The zero-order valence-electron chi connectivity index (χ0n) is 7.95. The van der Waals surface area contributed by atoms with E-state index in [4.69, 9.17) is 0 Å². The first-order valence-corrected chi connectivity index (χ1v) is 4.57. The number of carbonyl (C=O) groups is 1. The minimum Gasteiger partial charge on any atom is -0.300 e. The van der Waals surface area contributed by atoms with E-state index in [2.05, 4.69) is 10.1 Å². The summed E-state index contributed by atoms with van der Waals surface area (Å²) in [6, 6.07) is 0. The molecule has 0 bridgehead atoms. The van der Waals surface area contributed by atoms with Crippen molar-refractivity contribution < 1.29 is 4.79 Å². The summed E-state index contributed by atoms with van der Waals surface area (Å²) < 4.78 is 1.87. The van der Waals surface area contributed by atoms with Crippen molar-refractivity contribution >= 4 is 5.78 Å². The highest BCUT2D eigenvalue weighted by Gasteiger charge is 2.23. The number of nitrogens with zero attached hydrogens (tertiary/aromatic N) is 3. The number of aromatic nitrogens is 3. The molecule has 4 nitrogen and oxygen atoms in total. The normalized spacial score (nSPS) is 21.2. The maximum absolute atomic E-state index is 11.2. The van der Waals surface area contributed by atoms with Crippen molar-refractivity contribution in [3.63, 3.8) is 0 Å². The Morgan fingerprint density at radius 1 is 1.62 bits per heavy atom. The van der Waals surface area contributed by atoms with Gasteiger partial charge in [0.05, 0.1) is 6.54 Å². The van der Waals surface area contributed by atoms with Crippen LogP contribution in [0.1, 0.15) is 25.0 Å². The molecule has 0 amide bonds. The molecule has 1 aromatic heterocycles. The van der Waals surface area contributed by atoms with Crippen LogP contribution in [0.2, 0.25) is 0 Å². The topological polar surface area (TPSA) is 47.8 Å². The first kappa shape index (κ1) is 8.41. The Balaban J connectivity index is 2.24. The van der Waals surface area contributed by atoms with E-state index in [0.717, 1.165) is 24.5 Å². The molecule has 0 aromatic carbocycles. The number of fused-ring (bicyclic) bond motifs is 1. The third-order valence-electron chi connectivity index (χ3n) is 2.54. The van der Waals surface area contributed by atoms with Gasteiger partial charge >= 0.3 is 0 Å². The van der Waals surface area contributed by atoms with Gasteiger partial charge in [0.25, 0.3) is 0 Å². The largest absolute Gasteiger partial charge is 0.300 e. The van der Waals surface area contributed by atoms with Gasteiger partial charge in [-0.25, -0.2) is 9.67 Å². The van der Waals surface area contributed by atoms with E-state index in [9.17, 15) is 4.79 Å². The van der Waals surface area contributed by atoms with E-state index in [-0.39, 0.29) is 11.7 Å². The van der Waals surface area contributed by atoms with Crippen molar-refractivity contribution in [1.29, 1.82) is 0 Å². The van der Waals surface area contributed by atoms with Gasteiger partial charge in [-0.2, -0.15) is 5.10 Å². The van der Waals surface area contributed by atoms with Crippen LogP contribution in [0.3, 0.4) is 0 Å². The zero-order chi connectivity index (χ0) is 9.42. The zero-order valence-corrected chi connectivity index (χ0v) is 7.95.